The standard InChI is InChI=1S/C19H24N2O4S/c1-4-11-21(13-15-7-5-6-8-18(15)25-3)19(22)17-12-16(26(20,23)24)10-9-14(17)2/h5-10,12H,4,11,13H2,1-3H3,(H2,20,23,24). The van der Waals surface area contributed by atoms with Crippen molar-refractivity contribution in [3.05, 3.63) is 59.2 Å². The molecule has 0 saturated heterocycles. The molecule has 0 fully saturated rings. The van der Waals surface area contributed by atoms with Gasteiger partial charge in [-0.25, -0.2) is 13.6 Å². The number of nitrogens with zero attached hydrogens (tertiary/aromatic N) is 1. The second-order valence-electron chi connectivity index (χ2n) is 6.06. The van der Waals surface area contributed by atoms with Crippen LogP contribution >= 0.6 is 0 Å². The van der Waals surface area contributed by atoms with Gasteiger partial charge in [-0.3, -0.25) is 4.79 Å². The Kier molecular flexibility index (Phi) is 6.39. The highest BCUT2D eigenvalue weighted by Crippen LogP contribution is 2.22. The van der Waals surface area contributed by atoms with Crippen LogP contribution in [-0.4, -0.2) is 32.9 Å². The zero-order valence-corrected chi connectivity index (χ0v) is 16.0. The molecule has 26 heavy (non-hydrogen) atoms. The maximum atomic E-state index is 13.1. The number of hydrogen-bond donors (Lipinski definition) is 1. The number of amides is 1. The highest BCUT2D eigenvalue weighted by Gasteiger charge is 2.21. The first kappa shape index (κ1) is 19.9. The van der Waals surface area contributed by atoms with Gasteiger partial charge < -0.3 is 9.64 Å². The number of sulfonamides is 1. The molecule has 0 unspecified atom stereocenters. The normalized spacial score (nSPS) is 11.2. The fraction of sp³-hybridized carbons (Fsp3) is 0.316. The van der Waals surface area contributed by atoms with Crippen LogP contribution in [0.3, 0.4) is 0 Å². The third-order valence-corrected chi connectivity index (χ3v) is 5.01. The molecule has 0 saturated carbocycles. The molecule has 0 bridgehead atoms. The monoisotopic (exact) mass is 376 g/mol. The minimum Gasteiger partial charge on any atom is -0.496 e. The molecule has 1 amide bonds. The van der Waals surface area contributed by atoms with Crippen molar-refractivity contribution in [1.29, 1.82) is 0 Å². The topological polar surface area (TPSA) is 89.7 Å². The molecule has 0 aliphatic heterocycles. The summed E-state index contributed by atoms with van der Waals surface area (Å²) in [5, 5.41) is 5.20. The van der Waals surface area contributed by atoms with Crippen LogP contribution in [0.25, 0.3) is 0 Å². The van der Waals surface area contributed by atoms with Crippen LogP contribution in [0.5, 0.6) is 5.75 Å². The number of rotatable bonds is 7. The van der Waals surface area contributed by atoms with Crippen LogP contribution in [0.4, 0.5) is 0 Å². The highest BCUT2D eigenvalue weighted by atomic mass is 32.2. The number of carbonyl (C=O) groups excluding carboxylic acids is 1. The summed E-state index contributed by atoms with van der Waals surface area (Å²) >= 11 is 0. The van der Waals surface area contributed by atoms with Crippen molar-refractivity contribution in [2.24, 2.45) is 5.14 Å². The average Bonchev–Trinajstić information content (AvgIpc) is 2.60. The average molecular weight is 376 g/mol. The van der Waals surface area contributed by atoms with Gasteiger partial charge in [0.1, 0.15) is 5.75 Å². The number of ether oxygens (including phenoxy) is 1. The molecule has 0 spiro atoms. The highest BCUT2D eigenvalue weighted by molar-refractivity contribution is 7.89. The quantitative estimate of drug-likeness (QED) is 0.804. The largest absolute Gasteiger partial charge is 0.496 e. The van der Waals surface area contributed by atoms with E-state index in [0.717, 1.165) is 12.0 Å². The van der Waals surface area contributed by atoms with E-state index in [1.807, 2.05) is 31.2 Å². The number of primary sulfonamides is 1. The molecular weight excluding hydrogens is 352 g/mol. The zero-order valence-electron chi connectivity index (χ0n) is 15.2. The lowest BCUT2D eigenvalue weighted by molar-refractivity contribution is 0.0741. The predicted molar refractivity (Wildman–Crippen MR) is 101 cm³/mol. The van der Waals surface area contributed by atoms with Gasteiger partial charge in [0, 0.05) is 24.2 Å². The number of nitrogens with two attached hydrogens (primary N) is 1. The van der Waals surface area contributed by atoms with Crippen molar-refractivity contribution in [1.82, 2.24) is 4.90 Å². The van der Waals surface area contributed by atoms with Gasteiger partial charge in [0.15, 0.2) is 0 Å². The molecule has 0 heterocycles. The van der Waals surface area contributed by atoms with Crippen molar-refractivity contribution in [2.75, 3.05) is 13.7 Å². The fourth-order valence-electron chi connectivity index (χ4n) is 2.74. The summed E-state index contributed by atoms with van der Waals surface area (Å²) in [6.07, 6.45) is 0.773. The van der Waals surface area contributed by atoms with Crippen LogP contribution in [0.1, 0.15) is 34.8 Å². The Morgan fingerprint density at radius 1 is 1.19 bits per heavy atom. The van der Waals surface area contributed by atoms with Crippen LogP contribution in [0.15, 0.2) is 47.4 Å². The summed E-state index contributed by atoms with van der Waals surface area (Å²) in [6, 6.07) is 11.9. The van der Waals surface area contributed by atoms with E-state index in [2.05, 4.69) is 0 Å². The van der Waals surface area contributed by atoms with E-state index in [1.54, 1.807) is 25.0 Å². The van der Waals surface area contributed by atoms with Crippen molar-refractivity contribution < 1.29 is 17.9 Å². The maximum absolute atomic E-state index is 13.1. The molecule has 0 atom stereocenters. The molecule has 2 aromatic carbocycles. The first-order valence-electron chi connectivity index (χ1n) is 8.32. The molecule has 0 aromatic heterocycles. The Morgan fingerprint density at radius 3 is 2.50 bits per heavy atom. The van der Waals surface area contributed by atoms with Gasteiger partial charge in [-0.05, 0) is 37.1 Å². The van der Waals surface area contributed by atoms with E-state index >= 15 is 0 Å². The van der Waals surface area contributed by atoms with Crippen molar-refractivity contribution in [2.45, 2.75) is 31.7 Å². The van der Waals surface area contributed by atoms with Gasteiger partial charge in [-0.15, -0.1) is 0 Å². The summed E-state index contributed by atoms with van der Waals surface area (Å²) in [5.74, 6) is 0.470. The van der Waals surface area contributed by atoms with E-state index in [4.69, 9.17) is 9.88 Å². The molecule has 2 N–H and O–H groups in total. The molecule has 6 nitrogen and oxygen atoms in total. The van der Waals surface area contributed by atoms with Gasteiger partial charge >= 0.3 is 0 Å². The molecular formula is C19H24N2O4S. The molecule has 2 rings (SSSR count). The summed E-state index contributed by atoms with van der Waals surface area (Å²) in [6.45, 7) is 4.66. The van der Waals surface area contributed by atoms with Crippen molar-refractivity contribution in [3.8, 4) is 5.75 Å². The Morgan fingerprint density at radius 2 is 1.88 bits per heavy atom. The van der Waals surface area contributed by atoms with E-state index in [-0.39, 0.29) is 10.8 Å². The van der Waals surface area contributed by atoms with Gasteiger partial charge in [-0.2, -0.15) is 0 Å². The lowest BCUT2D eigenvalue weighted by Crippen LogP contribution is -2.32. The second kappa shape index (κ2) is 8.33. The lowest BCUT2D eigenvalue weighted by Gasteiger charge is -2.24. The maximum Gasteiger partial charge on any atom is 0.254 e. The third-order valence-electron chi connectivity index (χ3n) is 4.10. The van der Waals surface area contributed by atoms with Crippen molar-refractivity contribution in [3.63, 3.8) is 0 Å². The van der Waals surface area contributed by atoms with Crippen LogP contribution in [0.2, 0.25) is 0 Å². The van der Waals surface area contributed by atoms with E-state index in [1.165, 1.54) is 12.1 Å². The number of carbonyl (C=O) groups is 1. The molecule has 140 valence electrons. The second-order valence-corrected chi connectivity index (χ2v) is 7.62. The predicted octanol–water partition coefficient (Wildman–Crippen LogP) is 2.70. The van der Waals surface area contributed by atoms with E-state index < -0.39 is 10.0 Å². The number of hydrogen-bond acceptors (Lipinski definition) is 4. The fourth-order valence-corrected chi connectivity index (χ4v) is 3.28. The van der Waals surface area contributed by atoms with Crippen LogP contribution in [-0.2, 0) is 16.6 Å². The Labute approximate surface area is 154 Å². The van der Waals surface area contributed by atoms with E-state index in [0.29, 0.717) is 30.0 Å². The van der Waals surface area contributed by atoms with Gasteiger partial charge in [0.25, 0.3) is 5.91 Å². The Hall–Kier alpha value is -2.38. The minimum absolute atomic E-state index is 0.0693. The lowest BCUT2D eigenvalue weighted by atomic mass is 10.1. The third kappa shape index (κ3) is 4.62. The molecule has 0 aliphatic rings. The first-order valence-corrected chi connectivity index (χ1v) is 9.87. The molecule has 0 aliphatic carbocycles. The zero-order chi connectivity index (χ0) is 19.3. The summed E-state index contributed by atoms with van der Waals surface area (Å²) < 4.78 is 28.6. The van der Waals surface area contributed by atoms with Gasteiger partial charge in [0.2, 0.25) is 10.0 Å². The molecule has 2 aromatic rings. The van der Waals surface area contributed by atoms with Gasteiger partial charge in [0.05, 0.1) is 12.0 Å². The van der Waals surface area contributed by atoms with Crippen LogP contribution < -0.4 is 9.88 Å². The number of benzene rings is 2. The number of para-hydroxylation sites is 1. The SMILES string of the molecule is CCCN(Cc1ccccc1OC)C(=O)c1cc(S(N)(=O)=O)ccc1C. The Bertz CT molecular complexity index is 894. The molecule has 0 radical (unpaired) electrons. The first-order chi connectivity index (χ1) is 12.3. The van der Waals surface area contributed by atoms with E-state index in [9.17, 15) is 13.2 Å². The van der Waals surface area contributed by atoms with Crippen molar-refractivity contribution >= 4 is 15.9 Å². The van der Waals surface area contributed by atoms with Gasteiger partial charge in [-0.1, -0.05) is 31.2 Å². The van der Waals surface area contributed by atoms with Crippen LogP contribution in [0, 0.1) is 6.92 Å². The summed E-state index contributed by atoms with van der Waals surface area (Å²) in [5.41, 5.74) is 1.92. The smallest absolute Gasteiger partial charge is 0.254 e. The minimum atomic E-state index is -3.87. The summed E-state index contributed by atoms with van der Waals surface area (Å²) in [4.78, 5) is 14.7. The summed E-state index contributed by atoms with van der Waals surface area (Å²) in [7, 11) is -2.29. The number of methoxy groups -OCH3 is 1. The molecule has 7 heteroatoms. The number of aryl methyl sites for hydroxylation is 1. The Balaban J connectivity index is 2.40.